The number of anilines is 1. The van der Waals surface area contributed by atoms with Crippen LogP contribution in [0, 0.1) is 6.92 Å². The molecule has 23 heavy (non-hydrogen) atoms. The first kappa shape index (κ1) is 15.8. The van der Waals surface area contributed by atoms with Crippen LogP contribution in [0.4, 0.5) is 5.82 Å². The summed E-state index contributed by atoms with van der Waals surface area (Å²) in [5.41, 5.74) is 2.24. The Balaban J connectivity index is 1.70. The van der Waals surface area contributed by atoms with E-state index in [9.17, 15) is 4.79 Å². The SMILES string of the molecule is CCCCC(=O)N1CCN(c2nc3ccccc3cc2C)CC1. The molecule has 3 rings (SSSR count). The Hall–Kier alpha value is -2.10. The van der Waals surface area contributed by atoms with Crippen LogP contribution in [0.1, 0.15) is 31.7 Å². The lowest BCUT2D eigenvalue weighted by Crippen LogP contribution is -2.49. The fourth-order valence-electron chi connectivity index (χ4n) is 3.19. The largest absolute Gasteiger partial charge is 0.353 e. The first-order valence-electron chi connectivity index (χ1n) is 8.58. The molecule has 0 atom stereocenters. The van der Waals surface area contributed by atoms with Crippen LogP contribution in [0.2, 0.25) is 0 Å². The monoisotopic (exact) mass is 311 g/mol. The van der Waals surface area contributed by atoms with E-state index in [4.69, 9.17) is 4.98 Å². The van der Waals surface area contributed by atoms with Crippen molar-refractivity contribution in [3.63, 3.8) is 0 Å². The molecule has 1 aliphatic heterocycles. The molecule has 1 aliphatic rings. The highest BCUT2D eigenvalue weighted by atomic mass is 16.2. The van der Waals surface area contributed by atoms with E-state index < -0.39 is 0 Å². The second-order valence-corrected chi connectivity index (χ2v) is 6.29. The number of hydrogen-bond acceptors (Lipinski definition) is 3. The molecule has 1 fully saturated rings. The van der Waals surface area contributed by atoms with Gasteiger partial charge in [0, 0.05) is 38.0 Å². The van der Waals surface area contributed by atoms with Gasteiger partial charge in [-0.15, -0.1) is 0 Å². The lowest BCUT2D eigenvalue weighted by atomic mass is 10.1. The predicted octanol–water partition coefficient (Wildman–Crippen LogP) is 3.38. The Bertz CT molecular complexity index is 690. The van der Waals surface area contributed by atoms with Crippen molar-refractivity contribution in [1.29, 1.82) is 0 Å². The number of piperazine rings is 1. The number of pyridine rings is 1. The van der Waals surface area contributed by atoms with Crippen LogP contribution >= 0.6 is 0 Å². The molecule has 0 spiro atoms. The van der Waals surface area contributed by atoms with Gasteiger partial charge >= 0.3 is 0 Å². The molecule has 1 saturated heterocycles. The van der Waals surface area contributed by atoms with Crippen LogP contribution in [-0.2, 0) is 4.79 Å². The fourth-order valence-corrected chi connectivity index (χ4v) is 3.19. The van der Waals surface area contributed by atoms with Crippen LogP contribution in [0.25, 0.3) is 10.9 Å². The van der Waals surface area contributed by atoms with Gasteiger partial charge in [-0.05, 0) is 31.0 Å². The van der Waals surface area contributed by atoms with Crippen LogP contribution < -0.4 is 4.90 Å². The van der Waals surface area contributed by atoms with E-state index in [0.29, 0.717) is 12.3 Å². The van der Waals surface area contributed by atoms with Crippen LogP contribution in [0.3, 0.4) is 0 Å². The molecule has 1 aromatic heterocycles. The molecule has 122 valence electrons. The van der Waals surface area contributed by atoms with Crippen molar-refractivity contribution in [3.8, 4) is 0 Å². The number of aromatic nitrogens is 1. The zero-order chi connectivity index (χ0) is 16.2. The number of benzene rings is 1. The molecule has 0 saturated carbocycles. The van der Waals surface area contributed by atoms with Crippen LogP contribution in [-0.4, -0.2) is 42.0 Å². The molecule has 1 amide bonds. The normalized spacial score (nSPS) is 15.2. The van der Waals surface area contributed by atoms with Crippen molar-refractivity contribution >= 4 is 22.6 Å². The van der Waals surface area contributed by atoms with Crippen molar-refractivity contribution in [2.45, 2.75) is 33.1 Å². The average Bonchev–Trinajstić information content (AvgIpc) is 2.59. The zero-order valence-electron chi connectivity index (χ0n) is 14.1. The van der Waals surface area contributed by atoms with E-state index in [-0.39, 0.29) is 0 Å². The van der Waals surface area contributed by atoms with Crippen molar-refractivity contribution in [2.75, 3.05) is 31.1 Å². The highest BCUT2D eigenvalue weighted by Crippen LogP contribution is 2.24. The minimum Gasteiger partial charge on any atom is -0.353 e. The Kier molecular flexibility index (Phi) is 4.79. The van der Waals surface area contributed by atoms with Crippen LogP contribution in [0.5, 0.6) is 0 Å². The van der Waals surface area contributed by atoms with Crippen molar-refractivity contribution < 1.29 is 4.79 Å². The summed E-state index contributed by atoms with van der Waals surface area (Å²) < 4.78 is 0. The summed E-state index contributed by atoms with van der Waals surface area (Å²) in [5, 5.41) is 1.18. The molecular weight excluding hydrogens is 286 g/mol. The van der Waals surface area contributed by atoms with Crippen molar-refractivity contribution in [3.05, 3.63) is 35.9 Å². The molecule has 0 radical (unpaired) electrons. The minimum atomic E-state index is 0.301. The Morgan fingerprint density at radius 1 is 1.17 bits per heavy atom. The number of hydrogen-bond donors (Lipinski definition) is 0. The third-order valence-corrected chi connectivity index (χ3v) is 4.56. The summed E-state index contributed by atoms with van der Waals surface area (Å²) in [7, 11) is 0. The minimum absolute atomic E-state index is 0.301. The molecular formula is C19H25N3O. The number of unbranched alkanes of at least 4 members (excludes halogenated alkanes) is 1. The van der Waals surface area contributed by atoms with Gasteiger partial charge in [0.2, 0.25) is 5.91 Å². The summed E-state index contributed by atoms with van der Waals surface area (Å²) in [6.45, 7) is 7.58. The number of para-hydroxylation sites is 1. The third kappa shape index (κ3) is 3.46. The summed E-state index contributed by atoms with van der Waals surface area (Å²) in [4.78, 5) is 21.3. The summed E-state index contributed by atoms with van der Waals surface area (Å²) >= 11 is 0. The molecule has 1 aromatic carbocycles. The van der Waals surface area contributed by atoms with E-state index in [1.165, 1.54) is 10.9 Å². The van der Waals surface area contributed by atoms with Crippen molar-refractivity contribution in [1.82, 2.24) is 9.88 Å². The van der Waals surface area contributed by atoms with Gasteiger partial charge in [0.05, 0.1) is 5.52 Å². The number of amides is 1. The van der Waals surface area contributed by atoms with Gasteiger partial charge in [0.1, 0.15) is 5.82 Å². The number of nitrogens with zero attached hydrogens (tertiary/aromatic N) is 3. The van der Waals surface area contributed by atoms with Gasteiger partial charge in [0.15, 0.2) is 0 Å². The quantitative estimate of drug-likeness (QED) is 0.868. The zero-order valence-corrected chi connectivity index (χ0v) is 14.1. The van der Waals surface area contributed by atoms with Gasteiger partial charge in [-0.25, -0.2) is 4.98 Å². The maximum atomic E-state index is 12.1. The topological polar surface area (TPSA) is 36.4 Å². The Morgan fingerprint density at radius 2 is 1.91 bits per heavy atom. The first-order valence-corrected chi connectivity index (χ1v) is 8.58. The number of aryl methyl sites for hydroxylation is 1. The second kappa shape index (κ2) is 6.99. The van der Waals surface area contributed by atoms with Gasteiger partial charge in [0.25, 0.3) is 0 Å². The van der Waals surface area contributed by atoms with E-state index in [1.54, 1.807) is 0 Å². The van der Waals surface area contributed by atoms with E-state index in [2.05, 4.69) is 36.9 Å². The molecule has 0 unspecified atom stereocenters. The molecule has 0 aliphatic carbocycles. The molecule has 2 heterocycles. The lowest BCUT2D eigenvalue weighted by molar-refractivity contribution is -0.131. The summed E-state index contributed by atoms with van der Waals surface area (Å²) in [6.07, 6.45) is 2.75. The van der Waals surface area contributed by atoms with Gasteiger partial charge < -0.3 is 9.80 Å². The lowest BCUT2D eigenvalue weighted by Gasteiger charge is -2.36. The maximum Gasteiger partial charge on any atom is 0.222 e. The molecule has 4 heteroatoms. The number of carbonyl (C=O) groups is 1. The average molecular weight is 311 g/mol. The smallest absolute Gasteiger partial charge is 0.222 e. The van der Waals surface area contributed by atoms with Crippen LogP contribution in [0.15, 0.2) is 30.3 Å². The first-order chi connectivity index (χ1) is 11.2. The van der Waals surface area contributed by atoms with Gasteiger partial charge in [-0.3, -0.25) is 4.79 Å². The van der Waals surface area contributed by atoms with Crippen molar-refractivity contribution in [2.24, 2.45) is 0 Å². The molecule has 0 bridgehead atoms. The highest BCUT2D eigenvalue weighted by Gasteiger charge is 2.22. The number of rotatable bonds is 4. The van der Waals surface area contributed by atoms with E-state index in [0.717, 1.165) is 50.4 Å². The van der Waals surface area contributed by atoms with Gasteiger partial charge in [-0.1, -0.05) is 31.5 Å². The number of carbonyl (C=O) groups excluding carboxylic acids is 1. The fraction of sp³-hybridized carbons (Fsp3) is 0.474. The highest BCUT2D eigenvalue weighted by molar-refractivity contribution is 5.82. The Morgan fingerprint density at radius 3 is 2.65 bits per heavy atom. The summed E-state index contributed by atoms with van der Waals surface area (Å²) in [6, 6.07) is 10.4. The Labute approximate surface area is 138 Å². The molecule has 4 nitrogen and oxygen atoms in total. The number of fused-ring (bicyclic) bond motifs is 1. The predicted molar refractivity (Wildman–Crippen MR) is 94.8 cm³/mol. The maximum absolute atomic E-state index is 12.1. The standard InChI is InChI=1S/C19H25N3O/c1-3-4-9-18(23)21-10-12-22(13-11-21)19-15(2)14-16-7-5-6-8-17(16)20-19/h5-8,14H,3-4,9-13H2,1-2H3. The van der Waals surface area contributed by atoms with Gasteiger partial charge in [-0.2, -0.15) is 0 Å². The van der Waals surface area contributed by atoms with E-state index >= 15 is 0 Å². The second-order valence-electron chi connectivity index (χ2n) is 6.29. The third-order valence-electron chi connectivity index (χ3n) is 4.56. The molecule has 0 N–H and O–H groups in total. The summed E-state index contributed by atoms with van der Waals surface area (Å²) in [5.74, 6) is 1.36. The molecule has 2 aromatic rings. The van der Waals surface area contributed by atoms with E-state index in [1.807, 2.05) is 17.0 Å².